The van der Waals surface area contributed by atoms with Gasteiger partial charge < -0.3 is 41.1 Å². The summed E-state index contributed by atoms with van der Waals surface area (Å²) in [7, 11) is 0. The lowest BCUT2D eigenvalue weighted by Crippen LogP contribution is -2.61. The van der Waals surface area contributed by atoms with E-state index in [1.807, 2.05) is 18.2 Å². The molecule has 0 radical (unpaired) electrons. The van der Waals surface area contributed by atoms with Gasteiger partial charge in [-0.15, -0.1) is 0 Å². The highest BCUT2D eigenvalue weighted by atomic mass is 35.5. The average molecular weight is 716 g/mol. The van der Waals surface area contributed by atoms with Gasteiger partial charge in [-0.1, -0.05) is 54.0 Å². The van der Waals surface area contributed by atoms with Gasteiger partial charge in [0.15, 0.2) is 5.15 Å². The molecule has 15 nitrogen and oxygen atoms in total. The third kappa shape index (κ3) is 10.7. The van der Waals surface area contributed by atoms with Crippen molar-refractivity contribution in [2.24, 2.45) is 0 Å². The van der Waals surface area contributed by atoms with Crippen molar-refractivity contribution >= 4 is 47.0 Å². The fourth-order valence-corrected chi connectivity index (χ4v) is 6.24. The summed E-state index contributed by atoms with van der Waals surface area (Å²) >= 11 is 5.78. The van der Waals surface area contributed by atoms with E-state index in [1.54, 1.807) is 19.1 Å². The maximum atomic E-state index is 14.0. The van der Waals surface area contributed by atoms with E-state index < -0.39 is 65.8 Å². The first-order valence-electron chi connectivity index (χ1n) is 17.1. The Kier molecular flexibility index (Phi) is 14.2. The molecule has 2 aromatic rings. The molecule has 6 N–H and O–H groups in total. The van der Waals surface area contributed by atoms with Crippen LogP contribution in [0.1, 0.15) is 70.1 Å². The zero-order valence-corrected chi connectivity index (χ0v) is 29.0. The smallest absolute Gasteiger partial charge is 0.246 e. The number of hydrogen-bond donors (Lipinski definition) is 6. The molecule has 2 fully saturated rings. The molecule has 0 spiro atoms. The number of aryl methyl sites for hydroxylation is 1. The standard InChI is InChI=1S/C34H46ClN7O8/c1-3-23-30(45)40-29(20(2)43)33(48)39-25(18-21-10-5-4-6-11-21)34(49)42-17-9-13-26(42)32(47)36-16-8-7-12-24(31(46)38-23)37-28(44)15-14-22-19-27(35)41-50-22/h4-6,10-11,19-20,23-26,29,43H,3,7-9,12-18H2,1-2H3,(H,36,47)(H,37,44)(H,38,46)(H,39,48)(H,40,45)/t20-,23+,24+,25-,26+,29+/m1/s1. The molecule has 0 aliphatic carbocycles. The van der Waals surface area contributed by atoms with Gasteiger partial charge in [0, 0.05) is 38.4 Å². The molecule has 1 aromatic heterocycles. The summed E-state index contributed by atoms with van der Waals surface area (Å²) in [6.45, 7) is 3.58. The van der Waals surface area contributed by atoms with Gasteiger partial charge in [0.1, 0.15) is 36.0 Å². The topological polar surface area (TPSA) is 212 Å². The zero-order valence-electron chi connectivity index (χ0n) is 28.3. The van der Waals surface area contributed by atoms with Gasteiger partial charge in [-0.25, -0.2) is 0 Å². The predicted octanol–water partition coefficient (Wildman–Crippen LogP) is 0.524. The first-order valence-corrected chi connectivity index (χ1v) is 17.5. The highest BCUT2D eigenvalue weighted by Gasteiger charge is 2.39. The molecule has 0 unspecified atom stereocenters. The maximum Gasteiger partial charge on any atom is 0.246 e. The summed E-state index contributed by atoms with van der Waals surface area (Å²) in [5.41, 5.74) is 0.764. The Hall–Kier alpha value is -4.50. The van der Waals surface area contributed by atoms with Crippen molar-refractivity contribution < 1.29 is 38.4 Å². The van der Waals surface area contributed by atoms with Gasteiger partial charge in [-0.3, -0.25) is 28.8 Å². The Labute approximate surface area is 295 Å². The van der Waals surface area contributed by atoms with Gasteiger partial charge in [-0.05, 0) is 51.0 Å². The molecule has 0 saturated carbocycles. The Balaban J connectivity index is 1.56. The first kappa shape index (κ1) is 38.3. The van der Waals surface area contributed by atoms with Crippen LogP contribution >= 0.6 is 11.6 Å². The van der Waals surface area contributed by atoms with Crippen LogP contribution in [-0.4, -0.2) is 100 Å². The van der Waals surface area contributed by atoms with Crippen molar-refractivity contribution in [3.8, 4) is 0 Å². The summed E-state index contributed by atoms with van der Waals surface area (Å²) < 4.78 is 5.04. The van der Waals surface area contributed by atoms with E-state index in [2.05, 4.69) is 31.7 Å². The van der Waals surface area contributed by atoms with Crippen molar-refractivity contribution in [1.29, 1.82) is 0 Å². The Morgan fingerprint density at radius 1 is 1.00 bits per heavy atom. The van der Waals surface area contributed by atoms with E-state index in [9.17, 15) is 33.9 Å². The maximum absolute atomic E-state index is 14.0. The van der Waals surface area contributed by atoms with Crippen LogP contribution in [0.4, 0.5) is 0 Å². The number of aliphatic hydroxyl groups excluding tert-OH is 1. The third-order valence-electron chi connectivity index (χ3n) is 8.84. The zero-order chi connectivity index (χ0) is 36.2. The minimum absolute atomic E-state index is 0.0178. The van der Waals surface area contributed by atoms with Crippen LogP contribution in [0.3, 0.4) is 0 Å². The van der Waals surface area contributed by atoms with E-state index in [1.165, 1.54) is 17.9 Å². The molecule has 4 rings (SSSR count). The average Bonchev–Trinajstić information content (AvgIpc) is 3.76. The molecule has 1 aromatic carbocycles. The van der Waals surface area contributed by atoms with Crippen molar-refractivity contribution in [2.45, 2.75) is 108 Å². The molecule has 0 bridgehead atoms. The molecule has 3 heterocycles. The largest absolute Gasteiger partial charge is 0.391 e. The van der Waals surface area contributed by atoms with Crippen molar-refractivity contribution in [3.63, 3.8) is 0 Å². The van der Waals surface area contributed by atoms with Crippen LogP contribution in [0.25, 0.3) is 0 Å². The molecule has 2 aliphatic heterocycles. The van der Waals surface area contributed by atoms with Crippen LogP contribution in [0, 0.1) is 0 Å². The minimum atomic E-state index is -1.47. The summed E-state index contributed by atoms with van der Waals surface area (Å²) in [4.78, 5) is 82.2. The normalized spacial score (nSPS) is 25.2. The summed E-state index contributed by atoms with van der Waals surface area (Å²) in [5, 5.41) is 27.9. The summed E-state index contributed by atoms with van der Waals surface area (Å²) in [5.74, 6) is -2.96. The number of hydrogen-bond acceptors (Lipinski definition) is 9. The lowest BCUT2D eigenvalue weighted by atomic mass is 10.0. The Bertz CT molecular complexity index is 1500. The molecule has 16 heteroatoms. The van der Waals surface area contributed by atoms with E-state index in [4.69, 9.17) is 16.1 Å². The van der Waals surface area contributed by atoms with E-state index in [0.717, 1.165) is 5.56 Å². The second-order valence-electron chi connectivity index (χ2n) is 12.7. The van der Waals surface area contributed by atoms with Crippen LogP contribution in [0.2, 0.25) is 5.15 Å². The fraction of sp³-hybridized carbons (Fsp3) is 0.559. The van der Waals surface area contributed by atoms with Crippen molar-refractivity contribution in [3.05, 3.63) is 52.9 Å². The number of fused-ring (bicyclic) bond motifs is 1. The Morgan fingerprint density at radius 2 is 1.74 bits per heavy atom. The second-order valence-corrected chi connectivity index (χ2v) is 13.0. The van der Waals surface area contributed by atoms with Crippen LogP contribution in [0.15, 0.2) is 40.9 Å². The van der Waals surface area contributed by atoms with Crippen molar-refractivity contribution in [2.75, 3.05) is 13.1 Å². The number of carbonyl (C=O) groups excluding carboxylic acids is 6. The van der Waals surface area contributed by atoms with E-state index in [-0.39, 0.29) is 49.7 Å². The number of benzene rings is 1. The lowest BCUT2D eigenvalue weighted by Gasteiger charge is -2.30. The predicted molar refractivity (Wildman–Crippen MR) is 181 cm³/mol. The number of rotatable bonds is 8. The van der Waals surface area contributed by atoms with Gasteiger partial charge >= 0.3 is 0 Å². The van der Waals surface area contributed by atoms with Gasteiger partial charge in [0.25, 0.3) is 0 Å². The number of amides is 6. The number of carbonyl (C=O) groups is 6. The van der Waals surface area contributed by atoms with Gasteiger partial charge in [0.2, 0.25) is 35.4 Å². The first-order chi connectivity index (χ1) is 24.0. The number of aromatic nitrogens is 1. The fourth-order valence-electron chi connectivity index (χ4n) is 6.08. The lowest BCUT2D eigenvalue weighted by molar-refractivity contribution is -0.142. The van der Waals surface area contributed by atoms with Gasteiger partial charge in [0.05, 0.1) is 6.10 Å². The molecule has 272 valence electrons. The van der Waals surface area contributed by atoms with Crippen LogP contribution < -0.4 is 26.6 Å². The molecule has 2 aliphatic rings. The van der Waals surface area contributed by atoms with Crippen molar-refractivity contribution in [1.82, 2.24) is 36.6 Å². The van der Waals surface area contributed by atoms with E-state index in [0.29, 0.717) is 38.0 Å². The third-order valence-corrected chi connectivity index (χ3v) is 9.02. The summed E-state index contributed by atoms with van der Waals surface area (Å²) in [6.07, 6.45) is 1.22. The van der Waals surface area contributed by atoms with Crippen LogP contribution in [-0.2, 0) is 41.6 Å². The molecule has 6 amide bonds. The number of aliphatic hydroxyl groups is 1. The molecular formula is C34H46ClN7O8. The second kappa shape index (κ2) is 18.5. The molecule has 50 heavy (non-hydrogen) atoms. The monoisotopic (exact) mass is 715 g/mol. The minimum Gasteiger partial charge on any atom is -0.391 e. The van der Waals surface area contributed by atoms with Gasteiger partial charge in [-0.2, -0.15) is 0 Å². The number of nitrogens with zero attached hydrogens (tertiary/aromatic N) is 2. The quantitative estimate of drug-likeness (QED) is 0.225. The molecule has 6 atom stereocenters. The highest BCUT2D eigenvalue weighted by molar-refractivity contribution is 6.29. The number of halogens is 1. The summed E-state index contributed by atoms with van der Waals surface area (Å²) in [6, 6.07) is 5.12. The molecule has 2 saturated heterocycles. The van der Waals surface area contributed by atoms with E-state index >= 15 is 0 Å². The highest BCUT2D eigenvalue weighted by Crippen LogP contribution is 2.20. The van der Waals surface area contributed by atoms with Crippen LogP contribution in [0.5, 0.6) is 0 Å². The molecular weight excluding hydrogens is 670 g/mol. The number of nitrogens with one attached hydrogen (secondary N) is 5. The Morgan fingerprint density at radius 3 is 2.42 bits per heavy atom. The SMILES string of the molecule is CC[C@@H]1NC(=O)[C@@H](NC(=O)CCc2cc(Cl)no2)CCCCNC(=O)[C@@H]2CCCN2C(=O)[C@@H](Cc2ccccc2)NC(=O)[C@H]([C@@H](C)O)NC1=O.